The molecule has 3 heteroatoms. The highest BCUT2D eigenvalue weighted by Gasteiger charge is 2.20. The molecule has 0 fully saturated rings. The van der Waals surface area contributed by atoms with E-state index in [0.717, 1.165) is 16.9 Å². The quantitative estimate of drug-likeness (QED) is 0.787. The Morgan fingerprint density at radius 3 is 2.58 bits per heavy atom. The number of carbonyl (C=O) groups is 1. The summed E-state index contributed by atoms with van der Waals surface area (Å²) in [5.74, 6) is 1.37. The van der Waals surface area contributed by atoms with Gasteiger partial charge in [-0.1, -0.05) is 43.3 Å². The van der Waals surface area contributed by atoms with E-state index in [9.17, 15) is 4.79 Å². The van der Waals surface area contributed by atoms with Gasteiger partial charge in [-0.05, 0) is 17.7 Å². The van der Waals surface area contributed by atoms with E-state index in [1.165, 1.54) is 0 Å². The van der Waals surface area contributed by atoms with E-state index in [1.807, 2.05) is 55.5 Å². The highest BCUT2D eigenvalue weighted by molar-refractivity contribution is 6.00. The normalized spacial score (nSPS) is 14.2. The van der Waals surface area contributed by atoms with Gasteiger partial charge in [0.15, 0.2) is 17.3 Å². The number of ether oxygens (including phenoxy) is 2. The van der Waals surface area contributed by atoms with Crippen LogP contribution in [0.25, 0.3) is 0 Å². The molecule has 0 saturated heterocycles. The van der Waals surface area contributed by atoms with Crippen molar-refractivity contribution in [2.45, 2.75) is 12.8 Å². The molecular weight excluding hydrogens is 240 g/mol. The van der Waals surface area contributed by atoms with Gasteiger partial charge in [0, 0.05) is 11.5 Å². The summed E-state index contributed by atoms with van der Waals surface area (Å²) in [7, 11) is 0. The molecule has 96 valence electrons. The predicted octanol–water partition coefficient (Wildman–Crippen LogP) is 3.40. The van der Waals surface area contributed by atoms with Crippen LogP contribution < -0.4 is 9.47 Å². The summed E-state index contributed by atoms with van der Waals surface area (Å²) >= 11 is 0. The zero-order valence-electron chi connectivity index (χ0n) is 10.6. The first kappa shape index (κ1) is 11.8. The molecule has 0 aliphatic carbocycles. The van der Waals surface area contributed by atoms with Crippen molar-refractivity contribution in [3.8, 4) is 11.5 Å². The highest BCUT2D eigenvalue weighted by Crippen LogP contribution is 2.35. The first-order valence-corrected chi connectivity index (χ1v) is 6.24. The van der Waals surface area contributed by atoms with Crippen LogP contribution in [0.1, 0.15) is 28.8 Å². The molecule has 0 amide bonds. The van der Waals surface area contributed by atoms with Crippen molar-refractivity contribution in [3.63, 3.8) is 0 Å². The third-order valence-electron chi connectivity index (χ3n) is 3.35. The minimum Gasteiger partial charge on any atom is -0.454 e. The molecule has 3 rings (SSSR count). The molecule has 1 heterocycles. The van der Waals surface area contributed by atoms with Crippen LogP contribution in [-0.2, 0) is 0 Å². The van der Waals surface area contributed by atoms with E-state index in [1.54, 1.807) is 0 Å². The van der Waals surface area contributed by atoms with Gasteiger partial charge in [-0.15, -0.1) is 0 Å². The molecule has 0 aromatic heterocycles. The molecule has 1 unspecified atom stereocenters. The number of rotatable bonds is 3. The lowest BCUT2D eigenvalue weighted by Crippen LogP contribution is -2.09. The number of fused-ring (bicyclic) bond motifs is 1. The molecule has 0 saturated carbocycles. The van der Waals surface area contributed by atoms with Crippen molar-refractivity contribution in [2.75, 3.05) is 6.79 Å². The van der Waals surface area contributed by atoms with E-state index in [4.69, 9.17) is 9.47 Å². The summed E-state index contributed by atoms with van der Waals surface area (Å²) in [4.78, 5) is 12.4. The lowest BCUT2D eigenvalue weighted by Gasteiger charge is -2.11. The van der Waals surface area contributed by atoms with Crippen LogP contribution in [0.2, 0.25) is 0 Å². The van der Waals surface area contributed by atoms with Crippen molar-refractivity contribution in [2.24, 2.45) is 0 Å². The van der Waals surface area contributed by atoms with Crippen molar-refractivity contribution in [3.05, 3.63) is 59.7 Å². The zero-order valence-corrected chi connectivity index (χ0v) is 10.6. The fourth-order valence-electron chi connectivity index (χ4n) is 2.19. The summed E-state index contributed by atoms with van der Waals surface area (Å²) in [5, 5.41) is 0. The van der Waals surface area contributed by atoms with Crippen LogP contribution in [0.3, 0.4) is 0 Å². The van der Waals surface area contributed by atoms with Gasteiger partial charge in [-0.25, -0.2) is 0 Å². The van der Waals surface area contributed by atoms with Gasteiger partial charge in [-0.2, -0.15) is 0 Å². The first-order chi connectivity index (χ1) is 9.25. The Kier molecular flexibility index (Phi) is 2.95. The van der Waals surface area contributed by atoms with Crippen molar-refractivity contribution < 1.29 is 14.3 Å². The van der Waals surface area contributed by atoms with Gasteiger partial charge < -0.3 is 9.47 Å². The second kappa shape index (κ2) is 4.76. The summed E-state index contributed by atoms with van der Waals surface area (Å²) < 4.78 is 10.6. The van der Waals surface area contributed by atoms with Crippen LogP contribution in [0.4, 0.5) is 0 Å². The Labute approximate surface area is 111 Å². The van der Waals surface area contributed by atoms with Gasteiger partial charge in [0.2, 0.25) is 6.79 Å². The summed E-state index contributed by atoms with van der Waals surface area (Å²) in [6, 6.07) is 15.0. The smallest absolute Gasteiger partial charge is 0.231 e. The standard InChI is InChI=1S/C16H14O3/c1-11(16(17)12-5-3-2-4-6-12)13-7-8-14-15(9-13)19-10-18-14/h2-9,11H,10H2,1H3. The SMILES string of the molecule is CC(C(=O)c1ccccc1)c1ccc2c(c1)OCO2. The van der Waals surface area contributed by atoms with Crippen LogP contribution in [0.15, 0.2) is 48.5 Å². The Bertz CT molecular complexity index is 605. The average Bonchev–Trinajstić information content (AvgIpc) is 2.94. The predicted molar refractivity (Wildman–Crippen MR) is 71.8 cm³/mol. The lowest BCUT2D eigenvalue weighted by molar-refractivity contribution is 0.0966. The van der Waals surface area contributed by atoms with Crippen LogP contribution >= 0.6 is 0 Å². The second-order valence-electron chi connectivity index (χ2n) is 4.56. The fraction of sp³-hybridized carbons (Fsp3) is 0.188. The van der Waals surface area contributed by atoms with Crippen molar-refractivity contribution >= 4 is 5.78 Å². The molecule has 19 heavy (non-hydrogen) atoms. The second-order valence-corrected chi connectivity index (χ2v) is 4.56. The maximum absolute atomic E-state index is 12.4. The molecule has 2 aromatic rings. The molecule has 1 aliphatic rings. The Balaban J connectivity index is 1.88. The Hall–Kier alpha value is -2.29. The van der Waals surface area contributed by atoms with Crippen LogP contribution in [-0.4, -0.2) is 12.6 Å². The molecule has 3 nitrogen and oxygen atoms in total. The molecule has 0 radical (unpaired) electrons. The third-order valence-corrected chi connectivity index (χ3v) is 3.35. The van der Waals surface area contributed by atoms with E-state index < -0.39 is 0 Å². The molecule has 2 aromatic carbocycles. The highest BCUT2D eigenvalue weighted by atomic mass is 16.7. The third kappa shape index (κ3) is 2.19. The van der Waals surface area contributed by atoms with Crippen molar-refractivity contribution in [1.29, 1.82) is 0 Å². The molecule has 0 spiro atoms. The summed E-state index contributed by atoms with van der Waals surface area (Å²) in [5.41, 5.74) is 1.67. The molecular formula is C16H14O3. The maximum Gasteiger partial charge on any atom is 0.231 e. The minimum absolute atomic E-state index is 0.111. The van der Waals surface area contributed by atoms with Gasteiger partial charge in [-0.3, -0.25) is 4.79 Å². The van der Waals surface area contributed by atoms with Crippen LogP contribution in [0, 0.1) is 0 Å². The van der Waals surface area contributed by atoms with Gasteiger partial charge >= 0.3 is 0 Å². The topological polar surface area (TPSA) is 35.5 Å². The summed E-state index contributed by atoms with van der Waals surface area (Å²) in [6.45, 7) is 2.16. The number of benzene rings is 2. The maximum atomic E-state index is 12.4. The minimum atomic E-state index is -0.197. The van der Waals surface area contributed by atoms with Gasteiger partial charge in [0.05, 0.1) is 0 Å². The fourth-order valence-corrected chi connectivity index (χ4v) is 2.19. The molecule has 0 N–H and O–H groups in total. The van der Waals surface area contributed by atoms with Gasteiger partial charge in [0.25, 0.3) is 0 Å². The van der Waals surface area contributed by atoms with Gasteiger partial charge in [0.1, 0.15) is 0 Å². The van der Waals surface area contributed by atoms with Crippen molar-refractivity contribution in [1.82, 2.24) is 0 Å². The number of ketones is 1. The average molecular weight is 254 g/mol. The Morgan fingerprint density at radius 1 is 1.05 bits per heavy atom. The number of Topliss-reactive ketones (excluding diaryl/α,β-unsaturated/α-hetero) is 1. The molecule has 1 atom stereocenters. The molecule has 1 aliphatic heterocycles. The van der Waals surface area contributed by atoms with Crippen LogP contribution in [0.5, 0.6) is 11.5 Å². The Morgan fingerprint density at radius 2 is 1.79 bits per heavy atom. The van der Waals surface area contributed by atoms with E-state index in [-0.39, 0.29) is 18.5 Å². The summed E-state index contributed by atoms with van der Waals surface area (Å²) in [6.07, 6.45) is 0. The first-order valence-electron chi connectivity index (χ1n) is 6.24. The van der Waals surface area contributed by atoms with E-state index >= 15 is 0 Å². The number of carbonyl (C=O) groups excluding carboxylic acids is 1. The monoisotopic (exact) mass is 254 g/mol. The van der Waals surface area contributed by atoms with E-state index in [0.29, 0.717) is 5.75 Å². The number of hydrogen-bond donors (Lipinski definition) is 0. The molecule has 0 bridgehead atoms. The largest absolute Gasteiger partial charge is 0.454 e. The zero-order chi connectivity index (χ0) is 13.2. The van der Waals surface area contributed by atoms with E-state index in [2.05, 4.69) is 0 Å². The lowest BCUT2D eigenvalue weighted by atomic mass is 9.92. The number of hydrogen-bond acceptors (Lipinski definition) is 3.